The number of hydrogen-bond donors (Lipinski definition) is 1. The number of ether oxygens (including phenoxy) is 4. The Bertz CT molecular complexity index is 1720. The molecule has 250 valence electrons. The predicted molar refractivity (Wildman–Crippen MR) is 185 cm³/mol. The Morgan fingerprint density at radius 3 is 1.63 bits per heavy atom. The van der Waals surface area contributed by atoms with Crippen molar-refractivity contribution in [1.29, 1.82) is 0 Å². The van der Waals surface area contributed by atoms with Crippen molar-refractivity contribution in [3.05, 3.63) is 173 Å². The summed E-state index contributed by atoms with van der Waals surface area (Å²) >= 11 is 0. The summed E-state index contributed by atoms with van der Waals surface area (Å²) in [5.41, 5.74) is 2.41. The lowest BCUT2D eigenvalue weighted by Gasteiger charge is -2.47. The first kappa shape index (κ1) is 33.8. The maximum Gasteiger partial charge on any atom is 0.343 e. The van der Waals surface area contributed by atoms with Crippen molar-refractivity contribution in [2.75, 3.05) is 20.8 Å². The van der Waals surface area contributed by atoms with Crippen molar-refractivity contribution in [3.8, 4) is 5.75 Å². The first-order valence-electron chi connectivity index (χ1n) is 16.2. The highest BCUT2D eigenvalue weighted by molar-refractivity contribution is 5.91. The van der Waals surface area contributed by atoms with Crippen molar-refractivity contribution < 1.29 is 33.6 Å². The topological polar surface area (TPSA) is 94.5 Å². The molecule has 1 saturated heterocycles. The van der Waals surface area contributed by atoms with E-state index in [1.54, 1.807) is 53.4 Å². The normalized spacial score (nSPS) is 16.3. The number of hydrogen-bond acceptors (Lipinski definition) is 7. The van der Waals surface area contributed by atoms with Crippen LogP contribution >= 0.6 is 0 Å². The number of nitrogens with zero attached hydrogens (tertiary/aromatic N) is 1. The molecule has 1 amide bonds. The van der Waals surface area contributed by atoms with Gasteiger partial charge in [-0.3, -0.25) is 4.79 Å². The predicted octanol–water partition coefficient (Wildman–Crippen LogP) is 6.37. The van der Waals surface area contributed by atoms with E-state index in [1.807, 2.05) is 97.1 Å². The number of aliphatic hydroxyl groups is 1. The first-order valence-corrected chi connectivity index (χ1v) is 16.2. The maximum absolute atomic E-state index is 14.0. The minimum Gasteiger partial charge on any atom is -0.423 e. The van der Waals surface area contributed by atoms with E-state index >= 15 is 0 Å². The molecule has 0 aromatic heterocycles. The van der Waals surface area contributed by atoms with Crippen LogP contribution in [0.25, 0.3) is 0 Å². The van der Waals surface area contributed by atoms with Crippen LogP contribution in [0.5, 0.6) is 5.75 Å². The minimum atomic E-state index is -1.80. The molecular formula is C41H39NO7. The lowest BCUT2D eigenvalue weighted by molar-refractivity contribution is -0.405. The fraction of sp³-hybridized carbons (Fsp3) is 0.220. The molecule has 8 nitrogen and oxygen atoms in total. The summed E-state index contributed by atoms with van der Waals surface area (Å²) < 4.78 is 25.1. The highest BCUT2D eigenvalue weighted by Crippen LogP contribution is 2.46. The van der Waals surface area contributed by atoms with Crippen LogP contribution in [0.4, 0.5) is 0 Å². The number of β-amino-alcohol motifs (C(OH)–C–C–N with tert-alkyl or cyclic N) is 1. The SMILES string of the molecule is COC(OC)(OC(c1ccccc1)(c1ccccc1)c1ccccc1)C1CC(O)CN1C(=O)Cc1ccc(OC(=O)c2ccccc2)cc1. The molecule has 5 aromatic rings. The van der Waals surface area contributed by atoms with Gasteiger partial charge in [0, 0.05) is 27.2 Å². The van der Waals surface area contributed by atoms with Gasteiger partial charge >= 0.3 is 11.9 Å². The van der Waals surface area contributed by atoms with E-state index in [2.05, 4.69) is 0 Å². The summed E-state index contributed by atoms with van der Waals surface area (Å²) in [5.74, 6) is -2.15. The molecule has 1 aliphatic rings. The van der Waals surface area contributed by atoms with Crippen LogP contribution in [-0.4, -0.2) is 60.8 Å². The van der Waals surface area contributed by atoms with E-state index in [9.17, 15) is 14.7 Å². The second kappa shape index (κ2) is 15.0. The third-order valence-electron chi connectivity index (χ3n) is 8.91. The Labute approximate surface area is 286 Å². The van der Waals surface area contributed by atoms with Crippen molar-refractivity contribution in [1.82, 2.24) is 4.90 Å². The average molecular weight is 658 g/mol. The van der Waals surface area contributed by atoms with Crippen LogP contribution in [0.15, 0.2) is 146 Å². The van der Waals surface area contributed by atoms with Gasteiger partial charge in [-0.05, 0) is 46.5 Å². The van der Waals surface area contributed by atoms with E-state index in [1.165, 1.54) is 14.2 Å². The van der Waals surface area contributed by atoms with Crippen molar-refractivity contribution in [3.63, 3.8) is 0 Å². The van der Waals surface area contributed by atoms with Crippen LogP contribution < -0.4 is 4.74 Å². The average Bonchev–Trinajstić information content (AvgIpc) is 3.57. The van der Waals surface area contributed by atoms with Gasteiger partial charge in [0.15, 0.2) is 0 Å². The van der Waals surface area contributed by atoms with E-state index in [4.69, 9.17) is 18.9 Å². The Hall–Kier alpha value is -5.12. The molecule has 2 unspecified atom stereocenters. The monoisotopic (exact) mass is 657 g/mol. The quantitative estimate of drug-likeness (QED) is 0.0722. The molecule has 1 N–H and O–H groups in total. The first-order chi connectivity index (χ1) is 23.9. The van der Waals surface area contributed by atoms with Gasteiger partial charge in [0.2, 0.25) is 5.91 Å². The van der Waals surface area contributed by atoms with Gasteiger partial charge < -0.3 is 29.0 Å². The van der Waals surface area contributed by atoms with E-state index < -0.39 is 29.7 Å². The molecule has 5 aromatic carbocycles. The van der Waals surface area contributed by atoms with Crippen LogP contribution in [0.1, 0.15) is 39.0 Å². The van der Waals surface area contributed by atoms with Crippen LogP contribution in [0, 0.1) is 0 Å². The summed E-state index contributed by atoms with van der Waals surface area (Å²) in [6, 6.07) is 44.2. The van der Waals surface area contributed by atoms with Crippen molar-refractivity contribution >= 4 is 11.9 Å². The summed E-state index contributed by atoms with van der Waals surface area (Å²) in [7, 11) is 2.97. The fourth-order valence-corrected chi connectivity index (χ4v) is 6.53. The van der Waals surface area contributed by atoms with E-state index in [0.717, 1.165) is 16.7 Å². The number of carbonyl (C=O) groups excluding carboxylic acids is 2. The van der Waals surface area contributed by atoms with Gasteiger partial charge in [0.25, 0.3) is 0 Å². The number of rotatable bonds is 12. The number of methoxy groups -OCH3 is 2. The Balaban J connectivity index is 1.31. The molecule has 6 rings (SSSR count). The Morgan fingerprint density at radius 2 is 1.16 bits per heavy atom. The number of esters is 1. The second-order valence-corrected chi connectivity index (χ2v) is 11.9. The van der Waals surface area contributed by atoms with E-state index in [-0.39, 0.29) is 25.3 Å². The van der Waals surface area contributed by atoms with Crippen molar-refractivity contribution in [2.24, 2.45) is 0 Å². The Kier molecular flexibility index (Phi) is 10.3. The zero-order valence-corrected chi connectivity index (χ0v) is 27.5. The molecule has 8 heteroatoms. The smallest absolute Gasteiger partial charge is 0.343 e. The highest BCUT2D eigenvalue weighted by atomic mass is 16.9. The van der Waals surface area contributed by atoms with Crippen LogP contribution in [0.3, 0.4) is 0 Å². The molecular weight excluding hydrogens is 618 g/mol. The maximum atomic E-state index is 14.0. The molecule has 1 heterocycles. The lowest BCUT2D eigenvalue weighted by atomic mass is 9.80. The molecule has 1 fully saturated rings. The third kappa shape index (κ3) is 7.04. The Morgan fingerprint density at radius 1 is 0.694 bits per heavy atom. The lowest BCUT2D eigenvalue weighted by Crippen LogP contribution is -2.59. The largest absolute Gasteiger partial charge is 0.423 e. The zero-order valence-electron chi connectivity index (χ0n) is 27.5. The number of benzene rings is 5. The summed E-state index contributed by atoms with van der Waals surface area (Å²) in [6.07, 6.45) is -0.640. The number of amides is 1. The highest BCUT2D eigenvalue weighted by Gasteiger charge is 2.56. The van der Waals surface area contributed by atoms with Crippen LogP contribution in [0.2, 0.25) is 0 Å². The second-order valence-electron chi connectivity index (χ2n) is 11.9. The molecule has 0 bridgehead atoms. The van der Waals surface area contributed by atoms with Gasteiger partial charge in [0.05, 0.1) is 18.1 Å². The standard InChI is InChI=1S/C41H39NO7/c1-46-41(47-2,49-40(32-17-9-4-10-18-32,33-19-11-5-12-20-33)34-21-13-6-14-22-34)37-28-35(43)29-42(37)38(44)27-30-23-25-36(26-24-30)48-39(45)31-15-7-3-8-16-31/h3-26,35,37,43H,27-29H2,1-2H3. The molecule has 2 atom stereocenters. The van der Waals surface area contributed by atoms with Crippen molar-refractivity contribution in [2.45, 2.75) is 36.6 Å². The van der Waals surface area contributed by atoms with Gasteiger partial charge in [-0.2, -0.15) is 0 Å². The number of aliphatic hydroxyl groups excluding tert-OH is 1. The van der Waals surface area contributed by atoms with Gasteiger partial charge in [-0.15, -0.1) is 0 Å². The molecule has 1 aliphatic heterocycles. The summed E-state index contributed by atoms with van der Waals surface area (Å²) in [5, 5.41) is 11.0. The molecule has 0 saturated carbocycles. The summed E-state index contributed by atoms with van der Waals surface area (Å²) in [4.78, 5) is 28.1. The zero-order chi connectivity index (χ0) is 34.3. The van der Waals surface area contributed by atoms with Crippen LogP contribution in [-0.2, 0) is 31.0 Å². The molecule has 49 heavy (non-hydrogen) atoms. The number of carbonyl (C=O) groups is 2. The van der Waals surface area contributed by atoms with Gasteiger partial charge in [-0.25, -0.2) is 4.79 Å². The third-order valence-corrected chi connectivity index (χ3v) is 8.91. The van der Waals surface area contributed by atoms with Gasteiger partial charge in [-0.1, -0.05) is 121 Å². The number of likely N-dealkylation sites (tertiary alicyclic amines) is 1. The van der Waals surface area contributed by atoms with E-state index in [0.29, 0.717) is 16.9 Å². The molecule has 0 spiro atoms. The van der Waals surface area contributed by atoms with Gasteiger partial charge in [0.1, 0.15) is 17.4 Å². The molecule has 0 aliphatic carbocycles. The summed E-state index contributed by atoms with van der Waals surface area (Å²) in [6.45, 7) is 0.0725. The minimum absolute atomic E-state index is 0.0286. The molecule has 0 radical (unpaired) electrons. The fourth-order valence-electron chi connectivity index (χ4n) is 6.53.